The molecule has 5 nitrogen and oxygen atoms in total. The van der Waals surface area contributed by atoms with E-state index in [0.29, 0.717) is 16.9 Å². The zero-order valence-corrected chi connectivity index (χ0v) is 11.8. The van der Waals surface area contributed by atoms with Crippen LogP contribution >= 0.6 is 0 Å². The number of hydrogen-bond donors (Lipinski definition) is 3. The van der Waals surface area contributed by atoms with E-state index in [4.69, 9.17) is 0 Å². The standard InChI is InChI=1S/C16H16N2O3/c1-10-6-7-14(15(20)8-10)18-16(21)12-4-3-5-13(9-12)17-11(2)19/h3-9,20H,1-2H3,(H,17,19)(H,18,21). The van der Waals surface area contributed by atoms with Crippen LogP contribution in [-0.2, 0) is 4.79 Å². The van der Waals surface area contributed by atoms with Crippen molar-refractivity contribution in [1.29, 1.82) is 0 Å². The Labute approximate surface area is 122 Å². The van der Waals surface area contributed by atoms with Crippen LogP contribution in [0.1, 0.15) is 22.8 Å². The summed E-state index contributed by atoms with van der Waals surface area (Å²) in [7, 11) is 0. The summed E-state index contributed by atoms with van der Waals surface area (Å²) in [4.78, 5) is 23.2. The molecule has 0 heterocycles. The van der Waals surface area contributed by atoms with Crippen molar-refractivity contribution < 1.29 is 14.7 Å². The van der Waals surface area contributed by atoms with Crippen LogP contribution in [0.2, 0.25) is 0 Å². The van der Waals surface area contributed by atoms with Crippen LogP contribution in [0.15, 0.2) is 42.5 Å². The molecule has 0 saturated heterocycles. The lowest BCUT2D eigenvalue weighted by Crippen LogP contribution is -2.13. The number of aryl methyl sites for hydroxylation is 1. The molecule has 0 aromatic heterocycles. The number of nitrogens with one attached hydrogen (secondary N) is 2. The highest BCUT2D eigenvalue weighted by atomic mass is 16.3. The van der Waals surface area contributed by atoms with Crippen molar-refractivity contribution in [1.82, 2.24) is 0 Å². The van der Waals surface area contributed by atoms with Gasteiger partial charge in [-0.25, -0.2) is 0 Å². The molecule has 0 fully saturated rings. The maximum absolute atomic E-state index is 12.2. The fraction of sp³-hybridized carbons (Fsp3) is 0.125. The number of phenols is 1. The van der Waals surface area contributed by atoms with Crippen molar-refractivity contribution in [3.8, 4) is 5.75 Å². The largest absolute Gasteiger partial charge is 0.506 e. The van der Waals surface area contributed by atoms with Gasteiger partial charge in [-0.1, -0.05) is 12.1 Å². The summed E-state index contributed by atoms with van der Waals surface area (Å²) >= 11 is 0. The van der Waals surface area contributed by atoms with E-state index in [2.05, 4.69) is 10.6 Å². The Morgan fingerprint density at radius 1 is 1.05 bits per heavy atom. The van der Waals surface area contributed by atoms with Crippen LogP contribution in [0.5, 0.6) is 5.75 Å². The molecule has 2 rings (SSSR count). The monoisotopic (exact) mass is 284 g/mol. The van der Waals surface area contributed by atoms with Gasteiger partial charge in [0.1, 0.15) is 5.75 Å². The van der Waals surface area contributed by atoms with Gasteiger partial charge in [-0.15, -0.1) is 0 Å². The molecule has 0 unspecified atom stereocenters. The molecule has 3 N–H and O–H groups in total. The number of aromatic hydroxyl groups is 1. The van der Waals surface area contributed by atoms with Gasteiger partial charge >= 0.3 is 0 Å². The minimum atomic E-state index is -0.360. The molecule has 0 aliphatic rings. The molecule has 0 bridgehead atoms. The predicted molar refractivity (Wildman–Crippen MR) is 81.5 cm³/mol. The van der Waals surface area contributed by atoms with E-state index in [9.17, 15) is 14.7 Å². The van der Waals surface area contributed by atoms with Crippen molar-refractivity contribution in [2.24, 2.45) is 0 Å². The second-order valence-electron chi connectivity index (χ2n) is 4.74. The van der Waals surface area contributed by atoms with E-state index in [-0.39, 0.29) is 17.6 Å². The van der Waals surface area contributed by atoms with Gasteiger partial charge in [-0.05, 0) is 42.8 Å². The summed E-state index contributed by atoms with van der Waals surface area (Å²) in [6.07, 6.45) is 0. The number of anilines is 2. The van der Waals surface area contributed by atoms with Gasteiger partial charge in [-0.3, -0.25) is 9.59 Å². The van der Waals surface area contributed by atoms with Gasteiger partial charge in [0, 0.05) is 18.2 Å². The second kappa shape index (κ2) is 6.09. The molecule has 5 heteroatoms. The zero-order chi connectivity index (χ0) is 15.4. The molecule has 2 aromatic carbocycles. The molecule has 0 saturated carbocycles. The van der Waals surface area contributed by atoms with E-state index in [1.807, 2.05) is 6.92 Å². The highest BCUT2D eigenvalue weighted by Crippen LogP contribution is 2.24. The Kier molecular flexibility index (Phi) is 4.23. The Morgan fingerprint density at radius 3 is 2.48 bits per heavy atom. The summed E-state index contributed by atoms with van der Waals surface area (Å²) in [6.45, 7) is 3.25. The van der Waals surface area contributed by atoms with E-state index in [0.717, 1.165) is 5.56 Å². The fourth-order valence-corrected chi connectivity index (χ4v) is 1.88. The molecule has 0 spiro atoms. The number of phenolic OH excluding ortho intramolecular Hbond substituents is 1. The first kappa shape index (κ1) is 14.6. The SMILES string of the molecule is CC(=O)Nc1cccc(C(=O)Nc2ccc(C)cc2O)c1. The van der Waals surface area contributed by atoms with Crippen LogP contribution in [0.25, 0.3) is 0 Å². The predicted octanol–water partition coefficient (Wildman–Crippen LogP) is 2.91. The molecule has 21 heavy (non-hydrogen) atoms. The lowest BCUT2D eigenvalue weighted by atomic mass is 10.1. The molecule has 2 amide bonds. The van der Waals surface area contributed by atoms with Gasteiger partial charge in [0.15, 0.2) is 0 Å². The van der Waals surface area contributed by atoms with Gasteiger partial charge in [0.2, 0.25) is 5.91 Å². The van der Waals surface area contributed by atoms with Gasteiger partial charge < -0.3 is 15.7 Å². The molecule has 0 atom stereocenters. The summed E-state index contributed by atoms with van der Waals surface area (Å²) in [6, 6.07) is 11.6. The quantitative estimate of drug-likeness (QED) is 0.758. The highest BCUT2D eigenvalue weighted by molar-refractivity contribution is 6.06. The maximum atomic E-state index is 12.2. The van der Waals surface area contributed by atoms with E-state index >= 15 is 0 Å². The van der Waals surface area contributed by atoms with Crippen LogP contribution in [0, 0.1) is 6.92 Å². The summed E-state index contributed by atoms with van der Waals surface area (Å²) in [5.74, 6) is -0.550. The number of benzene rings is 2. The first-order valence-corrected chi connectivity index (χ1v) is 6.44. The Morgan fingerprint density at radius 2 is 1.81 bits per heavy atom. The number of rotatable bonds is 3. The van der Waals surface area contributed by atoms with Crippen molar-refractivity contribution in [3.63, 3.8) is 0 Å². The molecular formula is C16H16N2O3. The zero-order valence-electron chi connectivity index (χ0n) is 11.8. The number of hydrogen-bond acceptors (Lipinski definition) is 3. The normalized spacial score (nSPS) is 10.0. The number of carbonyl (C=O) groups is 2. The average molecular weight is 284 g/mol. The van der Waals surface area contributed by atoms with Crippen LogP contribution in [0.4, 0.5) is 11.4 Å². The lowest BCUT2D eigenvalue weighted by molar-refractivity contribution is -0.114. The second-order valence-corrected chi connectivity index (χ2v) is 4.74. The summed E-state index contributed by atoms with van der Waals surface area (Å²) in [5, 5.41) is 15.0. The minimum absolute atomic E-state index is 0.0152. The first-order chi connectivity index (χ1) is 9.95. The van der Waals surface area contributed by atoms with Crippen molar-refractivity contribution in [2.75, 3.05) is 10.6 Å². The molecule has 0 radical (unpaired) electrons. The lowest BCUT2D eigenvalue weighted by Gasteiger charge is -2.09. The van der Waals surface area contributed by atoms with E-state index in [1.165, 1.54) is 6.92 Å². The van der Waals surface area contributed by atoms with Crippen LogP contribution < -0.4 is 10.6 Å². The third-order valence-electron chi connectivity index (χ3n) is 2.85. The Hall–Kier alpha value is -2.82. The van der Waals surface area contributed by atoms with E-state index < -0.39 is 0 Å². The molecule has 108 valence electrons. The first-order valence-electron chi connectivity index (χ1n) is 6.44. The maximum Gasteiger partial charge on any atom is 0.255 e. The van der Waals surface area contributed by atoms with Crippen molar-refractivity contribution in [3.05, 3.63) is 53.6 Å². The molecule has 2 aromatic rings. The summed E-state index contributed by atoms with van der Waals surface area (Å²) in [5.41, 5.74) is 2.18. The Bertz CT molecular complexity index is 696. The van der Waals surface area contributed by atoms with Crippen molar-refractivity contribution >= 4 is 23.2 Å². The van der Waals surface area contributed by atoms with Gasteiger partial charge in [-0.2, -0.15) is 0 Å². The average Bonchev–Trinajstić information content (AvgIpc) is 2.41. The Balaban J connectivity index is 2.18. The van der Waals surface area contributed by atoms with Gasteiger partial charge in [0.05, 0.1) is 5.69 Å². The third-order valence-corrected chi connectivity index (χ3v) is 2.85. The number of amides is 2. The van der Waals surface area contributed by atoms with Crippen LogP contribution in [-0.4, -0.2) is 16.9 Å². The molecular weight excluding hydrogens is 268 g/mol. The topological polar surface area (TPSA) is 78.4 Å². The minimum Gasteiger partial charge on any atom is -0.506 e. The van der Waals surface area contributed by atoms with E-state index in [1.54, 1.807) is 42.5 Å². The number of carbonyl (C=O) groups excluding carboxylic acids is 2. The van der Waals surface area contributed by atoms with Gasteiger partial charge in [0.25, 0.3) is 5.91 Å². The van der Waals surface area contributed by atoms with Crippen LogP contribution in [0.3, 0.4) is 0 Å². The smallest absolute Gasteiger partial charge is 0.255 e. The third kappa shape index (κ3) is 3.82. The fourth-order valence-electron chi connectivity index (χ4n) is 1.88. The summed E-state index contributed by atoms with van der Waals surface area (Å²) < 4.78 is 0. The molecule has 0 aliphatic heterocycles. The molecule has 0 aliphatic carbocycles. The highest BCUT2D eigenvalue weighted by Gasteiger charge is 2.10. The van der Waals surface area contributed by atoms with Crippen molar-refractivity contribution in [2.45, 2.75) is 13.8 Å².